The van der Waals surface area contributed by atoms with Crippen molar-refractivity contribution in [2.24, 2.45) is 0 Å². The highest BCUT2D eigenvalue weighted by atomic mass is 16.5. The lowest BCUT2D eigenvalue weighted by Crippen LogP contribution is -2.48. The number of carbonyl (C=O) groups excluding carboxylic acids is 1. The number of amides is 1. The van der Waals surface area contributed by atoms with Gasteiger partial charge in [0.25, 0.3) is 0 Å². The van der Waals surface area contributed by atoms with E-state index in [0.29, 0.717) is 11.8 Å². The van der Waals surface area contributed by atoms with Gasteiger partial charge >= 0.3 is 0 Å². The normalized spacial score (nSPS) is 19.8. The minimum atomic E-state index is -0.338. The van der Waals surface area contributed by atoms with Crippen LogP contribution in [0.3, 0.4) is 0 Å². The van der Waals surface area contributed by atoms with Gasteiger partial charge in [0.2, 0.25) is 5.91 Å². The third-order valence-corrected chi connectivity index (χ3v) is 6.47. The van der Waals surface area contributed by atoms with E-state index in [1.54, 1.807) is 7.11 Å². The molecule has 0 unspecified atom stereocenters. The van der Waals surface area contributed by atoms with Crippen molar-refractivity contribution in [3.05, 3.63) is 59.9 Å². The number of benzene rings is 1. The third kappa shape index (κ3) is 3.45. The summed E-state index contributed by atoms with van der Waals surface area (Å²) in [7, 11) is 1.68. The molecule has 2 heterocycles. The molecule has 1 saturated carbocycles. The van der Waals surface area contributed by atoms with Crippen LogP contribution in [0.5, 0.6) is 5.75 Å². The van der Waals surface area contributed by atoms with Crippen LogP contribution in [0.15, 0.2) is 48.8 Å². The molecule has 1 aromatic heterocycles. The van der Waals surface area contributed by atoms with Gasteiger partial charge in [0.1, 0.15) is 5.75 Å². The summed E-state index contributed by atoms with van der Waals surface area (Å²) in [5.41, 5.74) is 2.17. The van der Waals surface area contributed by atoms with E-state index in [2.05, 4.69) is 34.1 Å². The molecule has 2 aliphatic rings. The lowest BCUT2D eigenvalue weighted by Gasteiger charge is -2.39. The molecule has 1 amide bonds. The monoisotopic (exact) mass is 364 g/mol. The van der Waals surface area contributed by atoms with E-state index in [0.717, 1.165) is 62.9 Å². The van der Waals surface area contributed by atoms with Gasteiger partial charge in [0, 0.05) is 25.5 Å². The van der Waals surface area contributed by atoms with Crippen molar-refractivity contribution in [1.82, 2.24) is 9.88 Å². The summed E-state index contributed by atoms with van der Waals surface area (Å²) in [5.74, 6) is 1.72. The molecule has 0 atom stereocenters. The Morgan fingerprint density at radius 1 is 1.04 bits per heavy atom. The molecule has 0 bridgehead atoms. The Morgan fingerprint density at radius 2 is 1.67 bits per heavy atom. The molecule has 27 heavy (non-hydrogen) atoms. The van der Waals surface area contributed by atoms with Gasteiger partial charge in [-0.1, -0.05) is 25.0 Å². The summed E-state index contributed by atoms with van der Waals surface area (Å²) in [4.78, 5) is 19.8. The zero-order valence-electron chi connectivity index (χ0n) is 16.1. The summed E-state index contributed by atoms with van der Waals surface area (Å²) in [6.07, 6.45) is 9.98. The number of rotatable bonds is 4. The first-order valence-corrected chi connectivity index (χ1v) is 10.1. The molecule has 4 nitrogen and oxygen atoms in total. The summed E-state index contributed by atoms with van der Waals surface area (Å²) in [6, 6.07) is 12.4. The van der Waals surface area contributed by atoms with Crippen molar-refractivity contribution in [2.45, 2.75) is 49.9 Å². The Labute approximate surface area is 161 Å². The molecule has 1 aromatic carbocycles. The molecule has 1 saturated heterocycles. The minimum absolute atomic E-state index is 0.332. The average molecular weight is 364 g/mol. The standard InChI is InChI=1S/C23H28N2O2/c1-27-21-6-4-20(5-7-21)23(12-2-3-13-23)22(26)25-16-10-19(11-17-25)18-8-14-24-15-9-18/h4-9,14-15,19H,2-3,10-13,16-17H2,1H3. The maximum atomic E-state index is 13.6. The van der Waals surface area contributed by atoms with Crippen molar-refractivity contribution >= 4 is 5.91 Å². The van der Waals surface area contributed by atoms with Crippen LogP contribution < -0.4 is 4.74 Å². The Bertz CT molecular complexity index is 759. The maximum Gasteiger partial charge on any atom is 0.233 e. The fourth-order valence-corrected chi connectivity index (χ4v) is 4.87. The van der Waals surface area contributed by atoms with Gasteiger partial charge in [-0.25, -0.2) is 0 Å². The first-order valence-electron chi connectivity index (χ1n) is 10.1. The van der Waals surface area contributed by atoms with E-state index < -0.39 is 0 Å². The minimum Gasteiger partial charge on any atom is -0.497 e. The SMILES string of the molecule is COc1ccc(C2(C(=O)N3CCC(c4ccncc4)CC3)CCCC2)cc1. The van der Waals surface area contributed by atoms with Crippen LogP contribution in [0.2, 0.25) is 0 Å². The second kappa shape index (κ2) is 7.71. The fourth-order valence-electron chi connectivity index (χ4n) is 4.87. The molecule has 0 N–H and O–H groups in total. The number of aromatic nitrogens is 1. The van der Waals surface area contributed by atoms with Gasteiger partial charge in [-0.05, 0) is 67.0 Å². The molecule has 142 valence electrons. The molecule has 4 rings (SSSR count). The highest BCUT2D eigenvalue weighted by Gasteiger charge is 2.45. The lowest BCUT2D eigenvalue weighted by atomic mass is 9.76. The highest BCUT2D eigenvalue weighted by molar-refractivity contribution is 5.88. The van der Waals surface area contributed by atoms with E-state index in [1.807, 2.05) is 24.5 Å². The van der Waals surface area contributed by atoms with Crippen LogP contribution in [0, 0.1) is 0 Å². The summed E-state index contributed by atoms with van der Waals surface area (Å²) >= 11 is 0. The van der Waals surface area contributed by atoms with Crippen molar-refractivity contribution in [1.29, 1.82) is 0 Å². The molecule has 0 radical (unpaired) electrons. The number of pyridine rings is 1. The van der Waals surface area contributed by atoms with E-state index >= 15 is 0 Å². The first kappa shape index (κ1) is 18.0. The summed E-state index contributed by atoms with van der Waals surface area (Å²) in [5, 5.41) is 0. The second-order valence-electron chi connectivity index (χ2n) is 7.86. The number of piperidine rings is 1. The molecule has 1 aliphatic heterocycles. The smallest absolute Gasteiger partial charge is 0.233 e. The molecule has 2 aromatic rings. The Hall–Kier alpha value is -2.36. The third-order valence-electron chi connectivity index (χ3n) is 6.47. The van der Waals surface area contributed by atoms with Gasteiger partial charge in [-0.3, -0.25) is 9.78 Å². The average Bonchev–Trinajstić information content (AvgIpc) is 3.25. The molecule has 4 heteroatoms. The summed E-state index contributed by atoms with van der Waals surface area (Å²) in [6.45, 7) is 1.70. The number of hydrogen-bond acceptors (Lipinski definition) is 3. The molecule has 1 aliphatic carbocycles. The number of ether oxygens (including phenoxy) is 1. The molecule has 0 spiro atoms. The Balaban J connectivity index is 1.50. The number of hydrogen-bond donors (Lipinski definition) is 0. The van der Waals surface area contributed by atoms with E-state index in [9.17, 15) is 4.79 Å². The van der Waals surface area contributed by atoms with E-state index in [1.165, 1.54) is 5.56 Å². The van der Waals surface area contributed by atoms with Crippen molar-refractivity contribution in [2.75, 3.05) is 20.2 Å². The predicted octanol–water partition coefficient (Wildman–Crippen LogP) is 4.31. The molecular formula is C23H28N2O2. The fraction of sp³-hybridized carbons (Fsp3) is 0.478. The molecular weight excluding hydrogens is 336 g/mol. The number of nitrogens with zero attached hydrogens (tertiary/aromatic N) is 2. The van der Waals surface area contributed by atoms with Crippen molar-refractivity contribution in [3.63, 3.8) is 0 Å². The van der Waals surface area contributed by atoms with Gasteiger partial charge < -0.3 is 9.64 Å². The zero-order valence-corrected chi connectivity index (χ0v) is 16.1. The second-order valence-corrected chi connectivity index (χ2v) is 7.86. The lowest BCUT2D eigenvalue weighted by molar-refractivity contribution is -0.138. The van der Waals surface area contributed by atoms with Gasteiger partial charge in [0.05, 0.1) is 12.5 Å². The highest BCUT2D eigenvalue weighted by Crippen LogP contribution is 2.44. The zero-order chi connectivity index (χ0) is 18.7. The van der Waals surface area contributed by atoms with E-state index in [-0.39, 0.29) is 5.41 Å². The van der Waals surface area contributed by atoms with Crippen LogP contribution in [0.25, 0.3) is 0 Å². The van der Waals surface area contributed by atoms with Gasteiger partial charge in [-0.2, -0.15) is 0 Å². The number of methoxy groups -OCH3 is 1. The van der Waals surface area contributed by atoms with Gasteiger partial charge in [0.15, 0.2) is 0 Å². The van der Waals surface area contributed by atoms with Crippen LogP contribution in [0.4, 0.5) is 0 Å². The van der Waals surface area contributed by atoms with Crippen molar-refractivity contribution in [3.8, 4) is 5.75 Å². The Morgan fingerprint density at radius 3 is 2.26 bits per heavy atom. The topological polar surface area (TPSA) is 42.4 Å². The van der Waals surface area contributed by atoms with Crippen LogP contribution in [0.1, 0.15) is 55.6 Å². The van der Waals surface area contributed by atoms with Crippen LogP contribution in [-0.2, 0) is 10.2 Å². The number of carbonyl (C=O) groups is 1. The van der Waals surface area contributed by atoms with Crippen LogP contribution in [-0.4, -0.2) is 36.0 Å². The van der Waals surface area contributed by atoms with E-state index in [4.69, 9.17) is 4.74 Å². The quantitative estimate of drug-likeness (QED) is 0.812. The van der Waals surface area contributed by atoms with Crippen LogP contribution >= 0.6 is 0 Å². The molecule has 2 fully saturated rings. The van der Waals surface area contributed by atoms with Crippen molar-refractivity contribution < 1.29 is 9.53 Å². The predicted molar refractivity (Wildman–Crippen MR) is 106 cm³/mol. The Kier molecular flexibility index (Phi) is 5.15. The largest absolute Gasteiger partial charge is 0.497 e. The van der Waals surface area contributed by atoms with Gasteiger partial charge in [-0.15, -0.1) is 0 Å². The number of likely N-dealkylation sites (tertiary alicyclic amines) is 1. The maximum absolute atomic E-state index is 13.6. The summed E-state index contributed by atoms with van der Waals surface area (Å²) < 4.78 is 5.30. The first-order chi connectivity index (χ1) is 13.2.